The fourth-order valence-electron chi connectivity index (χ4n) is 2.28. The maximum Gasteiger partial charge on any atom is 0.338 e. The number of benzene rings is 1. The number of carbonyl (C=O) groups excluding carboxylic acids is 3. The van der Waals surface area contributed by atoms with Gasteiger partial charge in [-0.25, -0.2) is 18.0 Å². The highest BCUT2D eigenvalue weighted by molar-refractivity contribution is 7.89. The number of sulfonamides is 1. The molecule has 1 unspecified atom stereocenters. The first-order chi connectivity index (χ1) is 12.8. The Bertz CT molecular complexity index is 819. The Labute approximate surface area is 156 Å². The van der Waals surface area contributed by atoms with Crippen molar-refractivity contribution >= 4 is 27.9 Å². The topological polar surface area (TPSA) is 131 Å². The van der Waals surface area contributed by atoms with E-state index >= 15 is 0 Å². The minimum absolute atomic E-state index is 0.0241. The molecule has 0 aliphatic carbocycles. The van der Waals surface area contributed by atoms with Crippen LogP contribution in [0.3, 0.4) is 0 Å². The molecule has 11 heteroatoms. The summed E-state index contributed by atoms with van der Waals surface area (Å²) >= 11 is 0. The van der Waals surface area contributed by atoms with Crippen LogP contribution in [-0.4, -0.2) is 70.1 Å². The van der Waals surface area contributed by atoms with Crippen LogP contribution in [0.2, 0.25) is 0 Å². The number of ether oxygens (including phenoxy) is 2. The van der Waals surface area contributed by atoms with Gasteiger partial charge >= 0.3 is 12.0 Å². The number of carbonyl (C=O) groups is 3. The van der Waals surface area contributed by atoms with Crippen LogP contribution in [0.4, 0.5) is 4.79 Å². The Morgan fingerprint density at radius 1 is 1.22 bits per heavy atom. The molecule has 0 radical (unpaired) electrons. The number of rotatable bonds is 5. The highest BCUT2D eigenvalue weighted by Crippen LogP contribution is 2.19. The lowest BCUT2D eigenvalue weighted by Crippen LogP contribution is -2.43. The maximum absolute atomic E-state index is 12.7. The molecule has 1 saturated heterocycles. The summed E-state index contributed by atoms with van der Waals surface area (Å²) in [7, 11) is -2.44. The van der Waals surface area contributed by atoms with Crippen molar-refractivity contribution < 1.29 is 32.3 Å². The number of esters is 1. The average molecular weight is 399 g/mol. The molecular weight excluding hydrogens is 378 g/mol. The van der Waals surface area contributed by atoms with Gasteiger partial charge in [-0.2, -0.15) is 4.31 Å². The predicted molar refractivity (Wildman–Crippen MR) is 93.5 cm³/mol. The first-order valence-electron chi connectivity index (χ1n) is 8.17. The van der Waals surface area contributed by atoms with Crippen LogP contribution in [0.25, 0.3) is 0 Å². The zero-order chi connectivity index (χ0) is 20.0. The normalized spacial score (nSPS) is 16.2. The van der Waals surface area contributed by atoms with Crippen LogP contribution in [0, 0.1) is 0 Å². The Kier molecular flexibility index (Phi) is 6.88. The van der Waals surface area contributed by atoms with E-state index in [1.807, 2.05) is 5.32 Å². The molecule has 1 fully saturated rings. The molecule has 0 saturated carbocycles. The number of imide groups is 1. The van der Waals surface area contributed by atoms with Gasteiger partial charge in [0.25, 0.3) is 5.91 Å². The van der Waals surface area contributed by atoms with Gasteiger partial charge in [-0.15, -0.1) is 0 Å². The quantitative estimate of drug-likeness (QED) is 0.650. The number of hydrogen-bond donors (Lipinski definition) is 2. The number of nitrogens with one attached hydrogen (secondary N) is 2. The monoisotopic (exact) mass is 399 g/mol. The molecular formula is C16H21N3O7S. The minimum Gasteiger partial charge on any atom is -0.449 e. The second kappa shape index (κ2) is 8.93. The highest BCUT2D eigenvalue weighted by Gasteiger charge is 2.27. The lowest BCUT2D eigenvalue weighted by molar-refractivity contribution is -0.127. The third-order valence-electron chi connectivity index (χ3n) is 3.79. The van der Waals surface area contributed by atoms with E-state index in [-0.39, 0.29) is 23.5 Å². The van der Waals surface area contributed by atoms with E-state index < -0.39 is 34.0 Å². The highest BCUT2D eigenvalue weighted by atomic mass is 32.2. The van der Waals surface area contributed by atoms with Crippen LogP contribution in [-0.2, 0) is 24.3 Å². The molecule has 1 aliphatic rings. The van der Waals surface area contributed by atoms with E-state index in [0.717, 1.165) is 0 Å². The molecule has 3 amide bonds. The van der Waals surface area contributed by atoms with Crippen molar-refractivity contribution in [3.8, 4) is 0 Å². The molecule has 10 nitrogen and oxygen atoms in total. The summed E-state index contributed by atoms with van der Waals surface area (Å²) in [6.07, 6.45) is -1.24. The van der Waals surface area contributed by atoms with Crippen LogP contribution in [0.1, 0.15) is 17.3 Å². The second-order valence-electron chi connectivity index (χ2n) is 5.66. The van der Waals surface area contributed by atoms with Crippen LogP contribution in [0.5, 0.6) is 0 Å². The SMILES string of the molecule is CNC(=O)NC(=O)C(C)OC(=O)c1cccc(S(=O)(=O)N2CCOCC2)c1. The lowest BCUT2D eigenvalue weighted by Gasteiger charge is -2.26. The molecule has 1 aromatic carbocycles. The van der Waals surface area contributed by atoms with Gasteiger partial charge in [0.15, 0.2) is 6.10 Å². The Hall–Kier alpha value is -2.50. The van der Waals surface area contributed by atoms with Crippen molar-refractivity contribution in [2.75, 3.05) is 33.4 Å². The molecule has 0 aromatic heterocycles. The van der Waals surface area contributed by atoms with Gasteiger partial charge in [0.1, 0.15) is 0 Å². The van der Waals surface area contributed by atoms with Crippen LogP contribution >= 0.6 is 0 Å². The van der Waals surface area contributed by atoms with E-state index in [1.165, 1.54) is 42.5 Å². The van der Waals surface area contributed by atoms with Crippen LogP contribution in [0.15, 0.2) is 29.2 Å². The number of nitrogens with zero attached hydrogens (tertiary/aromatic N) is 1. The fourth-order valence-corrected chi connectivity index (χ4v) is 3.73. The molecule has 2 rings (SSSR count). The lowest BCUT2D eigenvalue weighted by atomic mass is 10.2. The summed E-state index contributed by atoms with van der Waals surface area (Å²) in [6, 6.07) is 4.63. The average Bonchev–Trinajstić information content (AvgIpc) is 2.68. The molecule has 0 spiro atoms. The van der Waals surface area contributed by atoms with E-state index in [9.17, 15) is 22.8 Å². The molecule has 2 N–H and O–H groups in total. The van der Waals surface area contributed by atoms with E-state index in [0.29, 0.717) is 13.2 Å². The molecule has 1 aromatic rings. The van der Waals surface area contributed by atoms with Gasteiger partial charge in [0.2, 0.25) is 10.0 Å². The van der Waals surface area contributed by atoms with Gasteiger partial charge in [0.05, 0.1) is 23.7 Å². The maximum atomic E-state index is 12.7. The summed E-state index contributed by atoms with van der Waals surface area (Å²) in [4.78, 5) is 35.1. The Morgan fingerprint density at radius 3 is 2.52 bits per heavy atom. The number of morpholine rings is 1. The molecule has 1 aliphatic heterocycles. The van der Waals surface area contributed by atoms with Crippen molar-refractivity contribution in [1.82, 2.24) is 14.9 Å². The third kappa shape index (κ3) is 5.25. The van der Waals surface area contributed by atoms with Gasteiger partial charge in [-0.1, -0.05) is 6.07 Å². The minimum atomic E-state index is -3.77. The van der Waals surface area contributed by atoms with E-state index in [1.54, 1.807) is 0 Å². The zero-order valence-electron chi connectivity index (χ0n) is 14.9. The molecule has 1 atom stereocenters. The predicted octanol–water partition coefficient (Wildman–Crippen LogP) is -0.292. The number of amides is 3. The first-order valence-corrected chi connectivity index (χ1v) is 9.61. The standard InChI is InChI=1S/C16H21N3O7S/c1-11(14(20)18-16(22)17-2)26-15(21)12-4-3-5-13(10-12)27(23,24)19-6-8-25-9-7-19/h3-5,10-11H,6-9H2,1-2H3,(H2,17,18,20,22). The fraction of sp³-hybridized carbons (Fsp3) is 0.438. The second-order valence-corrected chi connectivity index (χ2v) is 7.60. The van der Waals surface area contributed by atoms with Crippen molar-refractivity contribution in [3.63, 3.8) is 0 Å². The molecule has 148 valence electrons. The summed E-state index contributed by atoms with van der Waals surface area (Å²) in [5, 5.41) is 4.18. The largest absolute Gasteiger partial charge is 0.449 e. The van der Waals surface area contributed by atoms with Crippen molar-refractivity contribution in [1.29, 1.82) is 0 Å². The summed E-state index contributed by atoms with van der Waals surface area (Å²) in [6.45, 7) is 2.36. The van der Waals surface area contributed by atoms with Crippen molar-refractivity contribution in [2.24, 2.45) is 0 Å². The van der Waals surface area contributed by atoms with Crippen molar-refractivity contribution in [3.05, 3.63) is 29.8 Å². The van der Waals surface area contributed by atoms with E-state index in [4.69, 9.17) is 9.47 Å². The number of hydrogen-bond acceptors (Lipinski definition) is 7. The smallest absolute Gasteiger partial charge is 0.338 e. The van der Waals surface area contributed by atoms with Gasteiger partial charge in [-0.05, 0) is 25.1 Å². The molecule has 1 heterocycles. The Morgan fingerprint density at radius 2 is 1.89 bits per heavy atom. The van der Waals surface area contributed by atoms with Gasteiger partial charge < -0.3 is 14.8 Å². The van der Waals surface area contributed by atoms with Crippen molar-refractivity contribution in [2.45, 2.75) is 17.9 Å². The summed E-state index contributed by atoms with van der Waals surface area (Å²) in [5.74, 6) is -1.69. The van der Waals surface area contributed by atoms with E-state index in [2.05, 4.69) is 5.32 Å². The summed E-state index contributed by atoms with van der Waals surface area (Å²) < 4.78 is 36.7. The molecule has 0 bridgehead atoms. The van der Waals surface area contributed by atoms with Gasteiger partial charge in [0, 0.05) is 20.1 Å². The Balaban J connectivity index is 2.11. The molecule has 27 heavy (non-hydrogen) atoms. The number of urea groups is 1. The summed E-state index contributed by atoms with van der Waals surface area (Å²) in [5.41, 5.74) is -0.0241. The van der Waals surface area contributed by atoms with Gasteiger partial charge in [-0.3, -0.25) is 10.1 Å². The van der Waals surface area contributed by atoms with Crippen LogP contribution < -0.4 is 10.6 Å². The zero-order valence-corrected chi connectivity index (χ0v) is 15.7. The third-order valence-corrected chi connectivity index (χ3v) is 5.69. The first kappa shape index (κ1) is 20.8.